The third kappa shape index (κ3) is 3.20. The first-order valence-corrected chi connectivity index (χ1v) is 7.93. The number of carbonyl (C=O) groups excluding carboxylic acids is 1. The molecule has 0 bridgehead atoms. The highest BCUT2D eigenvalue weighted by Gasteiger charge is 2.51. The molecule has 23 heavy (non-hydrogen) atoms. The second-order valence-electron chi connectivity index (χ2n) is 6.38. The molecule has 6 nitrogen and oxygen atoms in total. The fourth-order valence-corrected chi connectivity index (χ4v) is 3.11. The molecule has 1 aromatic carbocycles. The lowest BCUT2D eigenvalue weighted by molar-refractivity contribution is -0.129. The second kappa shape index (κ2) is 6.47. The van der Waals surface area contributed by atoms with Crippen molar-refractivity contribution in [3.63, 3.8) is 0 Å². The van der Waals surface area contributed by atoms with Crippen LogP contribution in [0.2, 0.25) is 0 Å². The Balaban J connectivity index is 1.61. The number of methoxy groups -OCH3 is 1. The lowest BCUT2D eigenvalue weighted by Gasteiger charge is -2.32. The van der Waals surface area contributed by atoms with E-state index in [1.165, 1.54) is 0 Å². The molecular weight excluding hydrogens is 298 g/mol. The zero-order valence-electron chi connectivity index (χ0n) is 13.2. The lowest BCUT2D eigenvalue weighted by atomic mass is 9.93. The number of nitrogens with one attached hydrogen (secondary N) is 1. The van der Waals surface area contributed by atoms with Gasteiger partial charge in [-0.25, -0.2) is 0 Å². The zero-order chi connectivity index (χ0) is 16.4. The summed E-state index contributed by atoms with van der Waals surface area (Å²) in [5.41, 5.74) is 0.516. The van der Waals surface area contributed by atoms with Crippen molar-refractivity contribution in [3.8, 4) is 5.75 Å². The molecule has 3 atom stereocenters. The van der Waals surface area contributed by atoms with Crippen LogP contribution in [-0.4, -0.2) is 55.2 Å². The van der Waals surface area contributed by atoms with Crippen LogP contribution in [0.3, 0.4) is 0 Å². The van der Waals surface area contributed by atoms with Gasteiger partial charge in [0.1, 0.15) is 11.9 Å². The summed E-state index contributed by atoms with van der Waals surface area (Å²) in [6.07, 6.45) is -0.114. The number of rotatable bonds is 5. The third-order valence-electron chi connectivity index (χ3n) is 4.85. The molecule has 1 aliphatic carbocycles. The Labute approximate surface area is 135 Å². The molecule has 0 aromatic heterocycles. The Morgan fingerprint density at radius 1 is 1.30 bits per heavy atom. The normalized spacial score (nSPS) is 28.9. The molecule has 3 N–H and O–H groups in total. The first-order chi connectivity index (χ1) is 11.1. The molecule has 0 unspecified atom stereocenters. The van der Waals surface area contributed by atoms with E-state index in [1.54, 1.807) is 7.11 Å². The van der Waals surface area contributed by atoms with Gasteiger partial charge >= 0.3 is 0 Å². The largest absolute Gasteiger partial charge is 0.497 e. The number of carbonyl (C=O) groups is 1. The van der Waals surface area contributed by atoms with E-state index in [9.17, 15) is 15.0 Å². The van der Waals surface area contributed by atoms with Crippen molar-refractivity contribution in [2.45, 2.75) is 30.5 Å². The van der Waals surface area contributed by atoms with Crippen molar-refractivity contribution in [1.29, 1.82) is 0 Å². The summed E-state index contributed by atoms with van der Waals surface area (Å²) in [6.45, 7) is 0.782. The smallest absolute Gasteiger partial charge is 0.230 e. The van der Waals surface area contributed by atoms with Gasteiger partial charge in [0.15, 0.2) is 0 Å². The van der Waals surface area contributed by atoms with Gasteiger partial charge in [0, 0.05) is 12.5 Å². The zero-order valence-corrected chi connectivity index (χ0v) is 13.2. The van der Waals surface area contributed by atoms with Gasteiger partial charge in [-0.05, 0) is 30.5 Å². The number of aliphatic hydroxyl groups excluding tert-OH is 2. The number of benzene rings is 1. The maximum Gasteiger partial charge on any atom is 0.230 e. The summed E-state index contributed by atoms with van der Waals surface area (Å²) in [5.74, 6) is 0.450. The summed E-state index contributed by atoms with van der Waals surface area (Å²) in [4.78, 5) is 12.6. The molecule has 1 aromatic rings. The minimum Gasteiger partial charge on any atom is -0.497 e. The highest BCUT2D eigenvalue weighted by atomic mass is 16.5. The minimum absolute atomic E-state index is 0.0325. The number of ether oxygens (including phenoxy) is 2. The molecular formula is C17H23NO5. The van der Waals surface area contributed by atoms with E-state index >= 15 is 0 Å². The molecule has 1 saturated carbocycles. The van der Waals surface area contributed by atoms with E-state index in [0.29, 0.717) is 13.2 Å². The maximum atomic E-state index is 12.6. The van der Waals surface area contributed by atoms with Crippen molar-refractivity contribution < 1.29 is 24.5 Å². The van der Waals surface area contributed by atoms with Gasteiger partial charge in [-0.2, -0.15) is 0 Å². The minimum atomic E-state index is -0.887. The molecule has 126 valence electrons. The molecule has 1 amide bonds. The van der Waals surface area contributed by atoms with Crippen molar-refractivity contribution in [2.75, 3.05) is 26.9 Å². The summed E-state index contributed by atoms with van der Waals surface area (Å²) in [7, 11) is 1.61. The van der Waals surface area contributed by atoms with Crippen molar-refractivity contribution in [3.05, 3.63) is 29.8 Å². The second-order valence-corrected chi connectivity index (χ2v) is 6.38. The van der Waals surface area contributed by atoms with Crippen molar-refractivity contribution in [1.82, 2.24) is 5.32 Å². The van der Waals surface area contributed by atoms with Crippen LogP contribution in [0, 0.1) is 5.92 Å². The summed E-state index contributed by atoms with van der Waals surface area (Å²) >= 11 is 0. The molecule has 3 rings (SSSR count). The van der Waals surface area contributed by atoms with Crippen molar-refractivity contribution >= 4 is 5.91 Å². The van der Waals surface area contributed by atoms with Gasteiger partial charge in [0.2, 0.25) is 5.91 Å². The number of hydrogen-bond donors (Lipinski definition) is 3. The monoisotopic (exact) mass is 321 g/mol. The predicted molar refractivity (Wildman–Crippen MR) is 83.2 cm³/mol. The van der Waals surface area contributed by atoms with E-state index < -0.39 is 17.6 Å². The van der Waals surface area contributed by atoms with Crippen LogP contribution in [0.25, 0.3) is 0 Å². The van der Waals surface area contributed by atoms with Gasteiger partial charge in [-0.15, -0.1) is 0 Å². The number of amides is 1. The Bertz CT molecular complexity index is 555. The lowest BCUT2D eigenvalue weighted by Crippen LogP contribution is -2.49. The first kappa shape index (κ1) is 16.2. The summed E-state index contributed by atoms with van der Waals surface area (Å²) in [5, 5.41) is 22.5. The molecule has 0 radical (unpaired) electrons. The highest BCUT2D eigenvalue weighted by Crippen LogP contribution is 2.48. The molecule has 1 saturated heterocycles. The Morgan fingerprint density at radius 3 is 2.61 bits per heavy atom. The molecule has 1 heterocycles. The predicted octanol–water partition coefficient (Wildman–Crippen LogP) is 0.211. The van der Waals surface area contributed by atoms with E-state index in [0.717, 1.165) is 24.2 Å². The van der Waals surface area contributed by atoms with Crippen LogP contribution >= 0.6 is 0 Å². The number of hydrogen-bond acceptors (Lipinski definition) is 5. The van der Waals surface area contributed by atoms with Crippen LogP contribution in [0.15, 0.2) is 24.3 Å². The van der Waals surface area contributed by atoms with E-state index in [2.05, 4.69) is 5.32 Å². The maximum absolute atomic E-state index is 12.6. The van der Waals surface area contributed by atoms with Crippen LogP contribution in [0.4, 0.5) is 0 Å². The average Bonchev–Trinajstić information content (AvgIpc) is 3.38. The fourth-order valence-electron chi connectivity index (χ4n) is 3.11. The van der Waals surface area contributed by atoms with Gasteiger partial charge < -0.3 is 25.0 Å². The Hall–Kier alpha value is -1.63. The van der Waals surface area contributed by atoms with Crippen LogP contribution in [0.1, 0.15) is 18.4 Å². The van der Waals surface area contributed by atoms with Gasteiger partial charge in [-0.1, -0.05) is 12.1 Å². The van der Waals surface area contributed by atoms with Gasteiger partial charge in [0.25, 0.3) is 0 Å². The molecule has 6 heteroatoms. The standard InChI is InChI=1S/C17H23NO5/c1-22-13-4-2-12(3-5-13)17(6-7-17)16(21)18-8-11-9-23-10-14(19)15(11)20/h2-5,11,14-15,19-20H,6-10H2,1H3,(H,18,21)/t11-,14-,15+/m1/s1. The van der Waals surface area contributed by atoms with E-state index in [4.69, 9.17) is 9.47 Å². The van der Waals surface area contributed by atoms with Gasteiger partial charge in [0.05, 0.1) is 31.8 Å². The van der Waals surface area contributed by atoms with E-state index in [1.807, 2.05) is 24.3 Å². The van der Waals surface area contributed by atoms with Gasteiger partial charge in [-0.3, -0.25) is 4.79 Å². The van der Waals surface area contributed by atoms with Crippen LogP contribution < -0.4 is 10.1 Å². The summed E-state index contributed by atoms with van der Waals surface area (Å²) < 4.78 is 10.4. The Morgan fingerprint density at radius 2 is 2.00 bits per heavy atom. The van der Waals surface area contributed by atoms with E-state index in [-0.39, 0.29) is 18.4 Å². The molecule has 2 fully saturated rings. The van der Waals surface area contributed by atoms with Crippen LogP contribution in [0.5, 0.6) is 5.75 Å². The van der Waals surface area contributed by atoms with Crippen molar-refractivity contribution in [2.24, 2.45) is 5.92 Å². The molecule has 0 spiro atoms. The Kier molecular flexibility index (Phi) is 4.57. The van der Waals surface area contributed by atoms with Crippen LogP contribution in [-0.2, 0) is 14.9 Å². The first-order valence-electron chi connectivity index (χ1n) is 7.93. The topological polar surface area (TPSA) is 88.0 Å². The third-order valence-corrected chi connectivity index (χ3v) is 4.85. The number of aliphatic hydroxyl groups is 2. The molecule has 1 aliphatic heterocycles. The SMILES string of the molecule is COc1ccc(C2(C(=O)NC[C@@H]3COC[C@@H](O)[C@H]3O)CC2)cc1. The highest BCUT2D eigenvalue weighted by molar-refractivity contribution is 5.91. The molecule has 2 aliphatic rings. The summed E-state index contributed by atoms with van der Waals surface area (Å²) in [6, 6.07) is 7.57. The fraction of sp³-hybridized carbons (Fsp3) is 0.588. The quantitative estimate of drug-likeness (QED) is 0.722. The average molecular weight is 321 g/mol.